The van der Waals surface area contributed by atoms with E-state index in [9.17, 15) is 0 Å². The minimum absolute atomic E-state index is 0.688. The molecule has 2 heterocycles. The molecule has 0 radical (unpaired) electrons. The van der Waals surface area contributed by atoms with Gasteiger partial charge in [-0.3, -0.25) is 0 Å². The molecule has 0 aliphatic heterocycles. The maximum atomic E-state index is 5.57. The zero-order valence-electron chi connectivity index (χ0n) is 10.4. The van der Waals surface area contributed by atoms with Crippen molar-refractivity contribution in [3.63, 3.8) is 0 Å². The Morgan fingerprint density at radius 3 is 2.69 bits per heavy atom. The highest BCUT2D eigenvalue weighted by atomic mass is 16.5. The van der Waals surface area contributed by atoms with Crippen LogP contribution < -0.4 is 4.74 Å². The Bertz CT molecular complexity index is 514. The largest absolute Gasteiger partial charge is 0.492 e. The van der Waals surface area contributed by atoms with Crippen molar-refractivity contribution >= 4 is 5.52 Å². The number of nitrogens with zero attached hydrogens (tertiary/aromatic N) is 2. The molecule has 86 valence electrons. The monoisotopic (exact) mass is 218 g/mol. The first-order chi connectivity index (χ1) is 7.67. The second-order valence-electron chi connectivity index (χ2n) is 4.00. The molecule has 0 N–H and O–H groups in total. The fourth-order valence-electron chi connectivity index (χ4n) is 2.08. The van der Waals surface area contributed by atoms with Crippen molar-refractivity contribution in [2.45, 2.75) is 34.1 Å². The molecule has 0 aromatic carbocycles. The van der Waals surface area contributed by atoms with Gasteiger partial charge in [-0.25, -0.2) is 4.52 Å². The predicted octanol–water partition coefficient (Wildman–Crippen LogP) is 2.91. The van der Waals surface area contributed by atoms with Crippen LogP contribution in [0.15, 0.2) is 12.3 Å². The molecule has 2 rings (SSSR count). The summed E-state index contributed by atoms with van der Waals surface area (Å²) in [6, 6.07) is 2.16. The smallest absolute Gasteiger partial charge is 0.140 e. The molecular weight excluding hydrogens is 200 g/mol. The first kappa shape index (κ1) is 11.0. The van der Waals surface area contributed by atoms with Crippen molar-refractivity contribution in [1.29, 1.82) is 0 Å². The van der Waals surface area contributed by atoms with Crippen LogP contribution in [0.4, 0.5) is 0 Å². The van der Waals surface area contributed by atoms with Crippen LogP contribution in [-0.4, -0.2) is 16.2 Å². The van der Waals surface area contributed by atoms with Gasteiger partial charge in [-0.15, -0.1) is 0 Å². The van der Waals surface area contributed by atoms with Crippen molar-refractivity contribution in [1.82, 2.24) is 9.61 Å². The van der Waals surface area contributed by atoms with E-state index < -0.39 is 0 Å². The third-order valence-corrected chi connectivity index (χ3v) is 2.89. The summed E-state index contributed by atoms with van der Waals surface area (Å²) < 4.78 is 7.49. The van der Waals surface area contributed by atoms with Gasteiger partial charge in [-0.1, -0.05) is 6.92 Å². The van der Waals surface area contributed by atoms with Gasteiger partial charge >= 0.3 is 0 Å². The molecule has 0 bridgehead atoms. The summed E-state index contributed by atoms with van der Waals surface area (Å²) in [5.41, 5.74) is 4.80. The first-order valence-corrected chi connectivity index (χ1v) is 5.78. The van der Waals surface area contributed by atoms with Gasteiger partial charge in [0.25, 0.3) is 0 Å². The molecule has 0 saturated carbocycles. The topological polar surface area (TPSA) is 26.5 Å². The number of pyridine rings is 1. The first-order valence-electron chi connectivity index (χ1n) is 5.78. The van der Waals surface area contributed by atoms with Gasteiger partial charge in [0.05, 0.1) is 24.0 Å². The number of ether oxygens (including phenoxy) is 1. The van der Waals surface area contributed by atoms with Crippen molar-refractivity contribution in [3.05, 3.63) is 29.1 Å². The third-order valence-electron chi connectivity index (χ3n) is 2.89. The van der Waals surface area contributed by atoms with Crippen LogP contribution in [0.3, 0.4) is 0 Å². The molecule has 3 nitrogen and oxygen atoms in total. The second kappa shape index (κ2) is 4.16. The summed E-state index contributed by atoms with van der Waals surface area (Å²) in [4.78, 5) is 0. The highest BCUT2D eigenvalue weighted by molar-refractivity contribution is 5.59. The summed E-state index contributed by atoms with van der Waals surface area (Å²) in [6.07, 6.45) is 2.99. The van der Waals surface area contributed by atoms with Crippen molar-refractivity contribution < 1.29 is 4.74 Å². The number of fused-ring (bicyclic) bond motifs is 1. The molecule has 0 fully saturated rings. The number of aryl methyl sites for hydroxylation is 3. The zero-order valence-corrected chi connectivity index (χ0v) is 10.4. The van der Waals surface area contributed by atoms with Crippen LogP contribution in [0, 0.1) is 13.8 Å². The maximum Gasteiger partial charge on any atom is 0.140 e. The molecule has 0 unspecified atom stereocenters. The van der Waals surface area contributed by atoms with E-state index in [1.807, 2.05) is 17.6 Å². The average molecular weight is 218 g/mol. The normalized spacial score (nSPS) is 11.0. The Morgan fingerprint density at radius 1 is 1.31 bits per heavy atom. The van der Waals surface area contributed by atoms with Crippen molar-refractivity contribution in [2.24, 2.45) is 0 Å². The van der Waals surface area contributed by atoms with E-state index in [-0.39, 0.29) is 0 Å². The van der Waals surface area contributed by atoms with E-state index in [1.54, 1.807) is 0 Å². The van der Waals surface area contributed by atoms with Gasteiger partial charge < -0.3 is 4.74 Å². The Labute approximate surface area is 96.0 Å². The summed E-state index contributed by atoms with van der Waals surface area (Å²) in [5, 5.41) is 4.50. The van der Waals surface area contributed by atoms with E-state index in [2.05, 4.69) is 31.9 Å². The summed E-state index contributed by atoms with van der Waals surface area (Å²) in [5.74, 6) is 0.917. The molecule has 16 heavy (non-hydrogen) atoms. The van der Waals surface area contributed by atoms with Gasteiger partial charge in [-0.2, -0.15) is 5.10 Å². The van der Waals surface area contributed by atoms with E-state index in [0.717, 1.165) is 17.9 Å². The lowest BCUT2D eigenvalue weighted by molar-refractivity contribution is 0.335. The number of rotatable bonds is 3. The minimum Gasteiger partial charge on any atom is -0.492 e. The van der Waals surface area contributed by atoms with Gasteiger partial charge in [0.15, 0.2) is 0 Å². The number of hydrogen-bond acceptors (Lipinski definition) is 2. The Hall–Kier alpha value is -1.51. The highest BCUT2D eigenvalue weighted by Crippen LogP contribution is 2.23. The van der Waals surface area contributed by atoms with Gasteiger partial charge in [0, 0.05) is 5.56 Å². The van der Waals surface area contributed by atoms with E-state index in [0.29, 0.717) is 6.61 Å². The molecule has 0 atom stereocenters. The zero-order chi connectivity index (χ0) is 11.7. The third kappa shape index (κ3) is 1.66. The lowest BCUT2D eigenvalue weighted by Crippen LogP contribution is -1.97. The molecule has 2 aromatic rings. The lowest BCUT2D eigenvalue weighted by atomic mass is 10.1. The van der Waals surface area contributed by atoms with Crippen molar-refractivity contribution in [3.8, 4) is 5.75 Å². The van der Waals surface area contributed by atoms with Crippen molar-refractivity contribution in [2.75, 3.05) is 6.61 Å². The van der Waals surface area contributed by atoms with Gasteiger partial charge in [0.1, 0.15) is 5.75 Å². The van der Waals surface area contributed by atoms with E-state index >= 15 is 0 Å². The molecule has 0 aliphatic carbocycles. The van der Waals surface area contributed by atoms with Gasteiger partial charge in [0.2, 0.25) is 0 Å². The highest BCUT2D eigenvalue weighted by Gasteiger charge is 2.10. The lowest BCUT2D eigenvalue weighted by Gasteiger charge is -2.07. The fourth-order valence-corrected chi connectivity index (χ4v) is 2.08. The fraction of sp³-hybridized carbons (Fsp3) is 0.462. The number of hydrogen-bond donors (Lipinski definition) is 0. The van der Waals surface area contributed by atoms with Crippen LogP contribution in [-0.2, 0) is 6.42 Å². The Kier molecular flexibility index (Phi) is 2.86. The SMILES string of the molecule is CCOc1cn2nc(C)c(CC)c2cc1C. The molecule has 3 heteroatoms. The average Bonchev–Trinajstić information content (AvgIpc) is 2.54. The van der Waals surface area contributed by atoms with Crippen LogP contribution in [0.1, 0.15) is 30.7 Å². The second-order valence-corrected chi connectivity index (χ2v) is 4.00. The van der Waals surface area contributed by atoms with E-state index in [4.69, 9.17) is 4.74 Å². The van der Waals surface area contributed by atoms with E-state index in [1.165, 1.54) is 16.6 Å². The van der Waals surface area contributed by atoms with Gasteiger partial charge in [-0.05, 0) is 38.8 Å². The predicted molar refractivity (Wildman–Crippen MR) is 65.2 cm³/mol. The summed E-state index contributed by atoms with van der Waals surface area (Å²) >= 11 is 0. The molecular formula is C13H18N2O. The molecule has 0 aliphatic rings. The molecule has 0 amide bonds. The maximum absolute atomic E-state index is 5.57. The molecule has 0 spiro atoms. The van der Waals surface area contributed by atoms with Crippen LogP contribution in [0.2, 0.25) is 0 Å². The molecule has 0 saturated heterocycles. The van der Waals surface area contributed by atoms with Crippen LogP contribution >= 0.6 is 0 Å². The Morgan fingerprint density at radius 2 is 2.06 bits per heavy atom. The minimum atomic E-state index is 0.688. The number of aromatic nitrogens is 2. The Balaban J connectivity index is 2.64. The standard InChI is InChI=1S/C13H18N2O/c1-5-11-10(4)14-15-8-13(16-6-2)9(3)7-12(11)15/h7-8H,5-6H2,1-4H3. The quantitative estimate of drug-likeness (QED) is 0.792. The summed E-state index contributed by atoms with van der Waals surface area (Å²) in [6.45, 7) is 8.98. The van der Waals surface area contributed by atoms with Crippen LogP contribution in [0.5, 0.6) is 5.75 Å². The summed E-state index contributed by atoms with van der Waals surface area (Å²) in [7, 11) is 0. The van der Waals surface area contributed by atoms with Crippen LogP contribution in [0.25, 0.3) is 5.52 Å². The molecule has 2 aromatic heterocycles.